The van der Waals surface area contributed by atoms with Crippen molar-refractivity contribution in [3.8, 4) is 0 Å². The molecular formula is C30H33F3N4O4. The van der Waals surface area contributed by atoms with Crippen molar-refractivity contribution in [2.45, 2.75) is 82.3 Å². The van der Waals surface area contributed by atoms with E-state index >= 15 is 0 Å². The van der Waals surface area contributed by atoms with E-state index in [2.05, 4.69) is 10.2 Å². The van der Waals surface area contributed by atoms with Crippen molar-refractivity contribution in [2.24, 2.45) is 5.41 Å². The molecular weight excluding hydrogens is 537 g/mol. The quantitative estimate of drug-likeness (QED) is 0.541. The Morgan fingerprint density at radius 1 is 1.00 bits per heavy atom. The van der Waals surface area contributed by atoms with E-state index in [4.69, 9.17) is 4.98 Å². The first-order chi connectivity index (χ1) is 19.5. The molecule has 0 unspecified atom stereocenters. The summed E-state index contributed by atoms with van der Waals surface area (Å²) in [6.07, 6.45) is 1.05. The van der Waals surface area contributed by atoms with Gasteiger partial charge in [0.25, 0.3) is 5.91 Å². The highest BCUT2D eigenvalue weighted by Crippen LogP contribution is 2.54. The fraction of sp³-hybridized carbons (Fsp3) is 0.533. The van der Waals surface area contributed by atoms with Crippen LogP contribution in [0.3, 0.4) is 0 Å². The molecule has 1 aromatic carbocycles. The number of likely N-dealkylation sites (tertiary alicyclic amines) is 1. The van der Waals surface area contributed by atoms with Crippen LogP contribution in [-0.2, 0) is 34.5 Å². The number of imide groups is 1. The zero-order valence-corrected chi connectivity index (χ0v) is 22.7. The molecule has 1 spiro atoms. The van der Waals surface area contributed by atoms with Crippen LogP contribution in [0.25, 0.3) is 0 Å². The SMILES string of the molecule is O=C1CC[C@@H](N2Cc3nc([C@]4(O)CCN(Cc5ccc(C(F)(F)F)cc5)CC45CCCCC5)ccc3C2=O)C(=O)N1. The van der Waals surface area contributed by atoms with Crippen LogP contribution in [0.5, 0.6) is 0 Å². The number of benzene rings is 1. The molecule has 4 heterocycles. The topological polar surface area (TPSA) is 103 Å². The number of aliphatic hydroxyl groups is 1. The number of rotatable bonds is 4. The second-order valence-electron chi connectivity index (χ2n) is 11.9. The van der Waals surface area contributed by atoms with Crippen molar-refractivity contribution in [3.05, 3.63) is 64.5 Å². The Bertz CT molecular complexity index is 1370. The molecule has 0 bridgehead atoms. The molecule has 0 radical (unpaired) electrons. The fourth-order valence-corrected chi connectivity index (χ4v) is 7.28. The smallest absolute Gasteiger partial charge is 0.383 e. The van der Waals surface area contributed by atoms with Crippen LogP contribution < -0.4 is 5.32 Å². The van der Waals surface area contributed by atoms with Gasteiger partial charge in [-0.2, -0.15) is 13.2 Å². The van der Waals surface area contributed by atoms with E-state index in [0.717, 1.165) is 49.8 Å². The molecule has 2 N–H and O–H groups in total. The van der Waals surface area contributed by atoms with Gasteiger partial charge < -0.3 is 10.0 Å². The van der Waals surface area contributed by atoms with E-state index in [-0.39, 0.29) is 31.2 Å². The Balaban J connectivity index is 1.24. The number of hydrogen-bond donors (Lipinski definition) is 2. The van der Waals surface area contributed by atoms with E-state index in [9.17, 15) is 32.7 Å². The van der Waals surface area contributed by atoms with Gasteiger partial charge in [0.2, 0.25) is 11.8 Å². The van der Waals surface area contributed by atoms with Crippen molar-refractivity contribution in [1.82, 2.24) is 20.1 Å². The molecule has 1 aliphatic carbocycles. The van der Waals surface area contributed by atoms with Crippen LogP contribution in [0.1, 0.15) is 84.2 Å². The lowest BCUT2D eigenvalue weighted by Gasteiger charge is -2.55. The lowest BCUT2D eigenvalue weighted by atomic mass is 9.59. The molecule has 3 aliphatic heterocycles. The second kappa shape index (κ2) is 10.2. The number of pyridine rings is 1. The molecule has 218 valence electrons. The zero-order chi connectivity index (χ0) is 29.0. The van der Waals surface area contributed by atoms with Crippen molar-refractivity contribution in [1.29, 1.82) is 0 Å². The van der Waals surface area contributed by atoms with E-state index < -0.39 is 34.7 Å². The average Bonchev–Trinajstić information content (AvgIpc) is 3.26. The van der Waals surface area contributed by atoms with Gasteiger partial charge in [0.1, 0.15) is 11.6 Å². The van der Waals surface area contributed by atoms with Crippen LogP contribution in [0, 0.1) is 5.41 Å². The van der Waals surface area contributed by atoms with Crippen molar-refractivity contribution < 1.29 is 32.7 Å². The van der Waals surface area contributed by atoms with Crippen LogP contribution in [0.4, 0.5) is 13.2 Å². The summed E-state index contributed by atoms with van der Waals surface area (Å²) in [5, 5.41) is 14.7. The zero-order valence-electron chi connectivity index (χ0n) is 22.7. The van der Waals surface area contributed by atoms with Crippen molar-refractivity contribution in [2.75, 3.05) is 13.1 Å². The first-order valence-corrected chi connectivity index (χ1v) is 14.3. The molecule has 1 aromatic heterocycles. The second-order valence-corrected chi connectivity index (χ2v) is 11.9. The summed E-state index contributed by atoms with van der Waals surface area (Å²) in [4.78, 5) is 45.7. The third kappa shape index (κ3) is 4.92. The molecule has 11 heteroatoms. The van der Waals surface area contributed by atoms with Gasteiger partial charge in [0.05, 0.1) is 29.1 Å². The number of carbonyl (C=O) groups excluding carboxylic acids is 3. The maximum atomic E-state index is 13.2. The fourth-order valence-electron chi connectivity index (χ4n) is 7.28. The van der Waals surface area contributed by atoms with Crippen LogP contribution in [0.15, 0.2) is 36.4 Å². The van der Waals surface area contributed by atoms with Crippen LogP contribution in [0.2, 0.25) is 0 Å². The molecule has 2 saturated heterocycles. The number of hydrogen-bond acceptors (Lipinski definition) is 6. The highest BCUT2D eigenvalue weighted by Gasteiger charge is 2.56. The van der Waals surface area contributed by atoms with Gasteiger partial charge in [-0.15, -0.1) is 0 Å². The first-order valence-electron chi connectivity index (χ1n) is 14.3. The summed E-state index contributed by atoms with van der Waals surface area (Å²) in [6.45, 7) is 1.75. The molecule has 8 nitrogen and oxygen atoms in total. The summed E-state index contributed by atoms with van der Waals surface area (Å²) >= 11 is 0. The minimum absolute atomic E-state index is 0.136. The number of fused-ring (bicyclic) bond motifs is 1. The maximum absolute atomic E-state index is 13.2. The largest absolute Gasteiger partial charge is 0.416 e. The standard InChI is InChI=1S/C30H33F3N4O4/c31-30(32,33)20-6-4-19(5-7-20)16-36-15-14-29(41,28(18-36)12-2-1-3-13-28)24-10-8-21-22(34-24)17-37(27(21)40)23-9-11-25(38)35-26(23)39/h4-8,10,23,41H,1-3,9,11-18H2,(H,35,38,39)/t23-,29-/m1/s1. The number of alkyl halides is 3. The van der Waals surface area contributed by atoms with E-state index in [1.54, 1.807) is 12.1 Å². The Hall–Kier alpha value is -3.31. The average molecular weight is 571 g/mol. The Kier molecular flexibility index (Phi) is 6.93. The van der Waals surface area contributed by atoms with Gasteiger partial charge in [-0.25, -0.2) is 0 Å². The molecule has 1 saturated carbocycles. The van der Waals surface area contributed by atoms with Gasteiger partial charge in [0, 0.05) is 31.5 Å². The van der Waals surface area contributed by atoms with E-state index in [1.807, 2.05) is 0 Å². The number of amides is 3. The minimum Gasteiger partial charge on any atom is -0.383 e. The number of nitrogens with one attached hydrogen (secondary N) is 1. The lowest BCUT2D eigenvalue weighted by molar-refractivity contribution is -0.162. The van der Waals surface area contributed by atoms with Crippen molar-refractivity contribution in [3.63, 3.8) is 0 Å². The summed E-state index contributed by atoms with van der Waals surface area (Å²) in [5.74, 6) is -1.14. The number of aromatic nitrogens is 1. The Morgan fingerprint density at radius 2 is 1.73 bits per heavy atom. The number of carbonyl (C=O) groups is 3. The predicted octanol–water partition coefficient (Wildman–Crippen LogP) is 3.91. The number of piperidine rings is 2. The normalized spacial score (nSPS) is 26.8. The lowest BCUT2D eigenvalue weighted by Crippen LogP contribution is -2.59. The van der Waals surface area contributed by atoms with Crippen molar-refractivity contribution >= 4 is 17.7 Å². The maximum Gasteiger partial charge on any atom is 0.416 e. The number of nitrogens with zero attached hydrogens (tertiary/aromatic N) is 3. The molecule has 6 rings (SSSR count). The molecule has 2 atom stereocenters. The van der Waals surface area contributed by atoms with E-state index in [1.165, 1.54) is 17.0 Å². The monoisotopic (exact) mass is 570 g/mol. The van der Waals surface area contributed by atoms with Gasteiger partial charge in [0.15, 0.2) is 0 Å². The third-order valence-corrected chi connectivity index (χ3v) is 9.49. The Morgan fingerprint density at radius 3 is 2.41 bits per heavy atom. The highest BCUT2D eigenvalue weighted by atomic mass is 19.4. The molecule has 41 heavy (non-hydrogen) atoms. The van der Waals surface area contributed by atoms with Gasteiger partial charge in [-0.1, -0.05) is 31.4 Å². The van der Waals surface area contributed by atoms with Crippen LogP contribution in [-0.4, -0.2) is 56.7 Å². The molecule has 4 aliphatic rings. The van der Waals surface area contributed by atoms with Crippen LogP contribution >= 0.6 is 0 Å². The minimum atomic E-state index is -4.38. The number of halogens is 3. The first kappa shape index (κ1) is 27.8. The molecule has 3 amide bonds. The third-order valence-electron chi connectivity index (χ3n) is 9.49. The molecule has 2 aromatic rings. The van der Waals surface area contributed by atoms with Gasteiger partial charge in [-0.3, -0.25) is 29.6 Å². The summed E-state index contributed by atoms with van der Waals surface area (Å²) in [6, 6.07) is 7.94. The van der Waals surface area contributed by atoms with Gasteiger partial charge in [-0.05, 0) is 55.5 Å². The predicted molar refractivity (Wildman–Crippen MR) is 141 cm³/mol. The molecule has 3 fully saturated rings. The Labute approximate surface area is 235 Å². The highest BCUT2D eigenvalue weighted by molar-refractivity contribution is 6.05. The van der Waals surface area contributed by atoms with E-state index in [0.29, 0.717) is 43.0 Å². The summed E-state index contributed by atoms with van der Waals surface area (Å²) < 4.78 is 39.1. The summed E-state index contributed by atoms with van der Waals surface area (Å²) in [5.41, 5.74) is -0.159. The van der Waals surface area contributed by atoms with Gasteiger partial charge >= 0.3 is 6.18 Å². The summed E-state index contributed by atoms with van der Waals surface area (Å²) in [7, 11) is 0.